The molecule has 0 spiro atoms. The summed E-state index contributed by atoms with van der Waals surface area (Å²) in [5.41, 5.74) is 13.2. The smallest absolute Gasteiger partial charge is 0.326 e. The standard InChI is InChI=1S/C5H6N2O3S2.CH4N2O/c6-5(8)7-12(9,10)4-2-1-3-11-4;2-1(3)4/h1-3H,(H3,6,7,8);(H4,2,3,4). The zero-order valence-corrected chi connectivity index (χ0v) is 9.55. The van der Waals surface area contributed by atoms with Crippen LogP contribution in [-0.4, -0.2) is 20.5 Å². The van der Waals surface area contributed by atoms with Crippen molar-refractivity contribution in [3.05, 3.63) is 17.5 Å². The summed E-state index contributed by atoms with van der Waals surface area (Å²) < 4.78 is 23.9. The van der Waals surface area contributed by atoms with E-state index in [2.05, 4.69) is 17.2 Å². The van der Waals surface area contributed by atoms with Crippen LogP contribution in [0.5, 0.6) is 0 Å². The Morgan fingerprint density at radius 2 is 1.75 bits per heavy atom. The van der Waals surface area contributed by atoms with E-state index >= 15 is 0 Å². The third kappa shape index (κ3) is 5.82. The Labute approximate surface area is 95.5 Å². The van der Waals surface area contributed by atoms with E-state index in [0.29, 0.717) is 0 Å². The second-order valence-electron chi connectivity index (χ2n) is 2.30. The second kappa shape index (κ2) is 5.92. The molecular formula is C6H10N4O4S2. The largest absolute Gasteiger partial charge is 0.352 e. The average molecular weight is 266 g/mol. The summed E-state index contributed by atoms with van der Waals surface area (Å²) in [7, 11) is -3.72. The van der Waals surface area contributed by atoms with Crippen LogP contribution in [0.3, 0.4) is 0 Å². The van der Waals surface area contributed by atoms with Gasteiger partial charge in [0.1, 0.15) is 4.21 Å². The van der Waals surface area contributed by atoms with Crippen LogP contribution in [0, 0.1) is 0 Å². The Hall–Kier alpha value is -1.81. The lowest BCUT2D eigenvalue weighted by Crippen LogP contribution is -2.34. The molecule has 0 aromatic carbocycles. The summed E-state index contributed by atoms with van der Waals surface area (Å²) in [5, 5.41) is 1.59. The van der Waals surface area contributed by atoms with Gasteiger partial charge in [0.15, 0.2) is 0 Å². The number of rotatable bonds is 2. The average Bonchev–Trinajstić information content (AvgIpc) is 2.50. The SMILES string of the molecule is NC(=O)NS(=O)(=O)c1cccs1.NC(N)=O. The zero-order chi connectivity index (χ0) is 12.8. The molecule has 0 fully saturated rings. The van der Waals surface area contributed by atoms with Gasteiger partial charge in [0.25, 0.3) is 10.0 Å². The van der Waals surface area contributed by atoms with Crippen molar-refractivity contribution in [2.75, 3.05) is 0 Å². The van der Waals surface area contributed by atoms with Crippen molar-refractivity contribution in [1.29, 1.82) is 0 Å². The molecule has 4 amide bonds. The molecule has 1 aromatic rings. The fraction of sp³-hybridized carbons (Fsp3) is 0. The van der Waals surface area contributed by atoms with E-state index in [1.165, 1.54) is 6.07 Å². The van der Waals surface area contributed by atoms with Crippen LogP contribution in [0.2, 0.25) is 0 Å². The summed E-state index contributed by atoms with van der Waals surface area (Å²) in [6.07, 6.45) is 0. The summed E-state index contributed by atoms with van der Waals surface area (Å²) in [5.74, 6) is 0. The van der Waals surface area contributed by atoms with Gasteiger partial charge in [-0.15, -0.1) is 11.3 Å². The molecule has 90 valence electrons. The van der Waals surface area contributed by atoms with Crippen LogP contribution in [0.4, 0.5) is 9.59 Å². The van der Waals surface area contributed by atoms with Gasteiger partial charge in [-0.05, 0) is 11.4 Å². The van der Waals surface area contributed by atoms with Crippen molar-refractivity contribution in [2.45, 2.75) is 4.21 Å². The lowest BCUT2D eigenvalue weighted by Gasteiger charge is -1.99. The molecule has 0 atom stereocenters. The normalized spacial score (nSPS) is 9.75. The maximum atomic E-state index is 11.1. The molecule has 16 heavy (non-hydrogen) atoms. The Morgan fingerprint density at radius 1 is 1.25 bits per heavy atom. The highest BCUT2D eigenvalue weighted by Crippen LogP contribution is 2.14. The highest BCUT2D eigenvalue weighted by Gasteiger charge is 2.15. The molecule has 0 radical (unpaired) electrons. The fourth-order valence-corrected chi connectivity index (χ4v) is 2.47. The first-order chi connectivity index (χ1) is 7.25. The first-order valence-electron chi connectivity index (χ1n) is 3.66. The topological polar surface area (TPSA) is 158 Å². The van der Waals surface area contributed by atoms with Gasteiger partial charge in [-0.2, -0.15) is 0 Å². The van der Waals surface area contributed by atoms with Crippen LogP contribution in [0.25, 0.3) is 0 Å². The van der Waals surface area contributed by atoms with Gasteiger partial charge < -0.3 is 17.2 Å². The molecule has 0 saturated carbocycles. The van der Waals surface area contributed by atoms with E-state index in [-0.39, 0.29) is 4.21 Å². The maximum absolute atomic E-state index is 11.1. The molecule has 0 saturated heterocycles. The molecule has 1 rings (SSSR count). The number of primary amides is 3. The molecule has 10 heteroatoms. The molecule has 0 bridgehead atoms. The number of carbonyl (C=O) groups excluding carboxylic acids is 2. The van der Waals surface area contributed by atoms with Gasteiger partial charge in [-0.1, -0.05) is 6.07 Å². The van der Waals surface area contributed by atoms with E-state index in [1.807, 2.05) is 0 Å². The summed E-state index contributed by atoms with van der Waals surface area (Å²) >= 11 is 1.01. The van der Waals surface area contributed by atoms with E-state index in [4.69, 9.17) is 4.79 Å². The van der Waals surface area contributed by atoms with E-state index in [0.717, 1.165) is 11.3 Å². The van der Waals surface area contributed by atoms with Gasteiger partial charge in [0.2, 0.25) is 0 Å². The van der Waals surface area contributed by atoms with Gasteiger partial charge >= 0.3 is 12.1 Å². The van der Waals surface area contributed by atoms with Gasteiger partial charge in [0.05, 0.1) is 0 Å². The molecule has 0 aliphatic rings. The minimum atomic E-state index is -3.72. The molecule has 0 aliphatic carbocycles. The molecular weight excluding hydrogens is 256 g/mol. The predicted molar refractivity (Wildman–Crippen MR) is 58.0 cm³/mol. The summed E-state index contributed by atoms with van der Waals surface area (Å²) in [6.45, 7) is 0. The predicted octanol–water partition coefficient (Wildman–Crippen LogP) is -0.871. The first-order valence-corrected chi connectivity index (χ1v) is 6.02. The molecule has 1 heterocycles. The lowest BCUT2D eigenvalue weighted by atomic mass is 10.7. The second-order valence-corrected chi connectivity index (χ2v) is 5.16. The molecule has 0 aliphatic heterocycles. The number of amides is 4. The maximum Gasteiger partial charge on any atom is 0.326 e. The van der Waals surface area contributed by atoms with Crippen molar-refractivity contribution in [1.82, 2.24) is 4.72 Å². The van der Waals surface area contributed by atoms with Crippen molar-refractivity contribution in [2.24, 2.45) is 17.2 Å². The van der Waals surface area contributed by atoms with Crippen molar-refractivity contribution < 1.29 is 18.0 Å². The number of nitrogens with one attached hydrogen (secondary N) is 1. The lowest BCUT2D eigenvalue weighted by molar-refractivity contribution is 0.253. The highest BCUT2D eigenvalue weighted by molar-refractivity contribution is 7.92. The highest BCUT2D eigenvalue weighted by atomic mass is 32.2. The third-order valence-electron chi connectivity index (χ3n) is 0.995. The Kier molecular flexibility index (Phi) is 5.25. The molecule has 8 nitrogen and oxygen atoms in total. The van der Waals surface area contributed by atoms with Crippen molar-refractivity contribution in [3.63, 3.8) is 0 Å². The molecule has 1 aromatic heterocycles. The number of sulfonamides is 1. The monoisotopic (exact) mass is 266 g/mol. The minimum absolute atomic E-state index is 0.0706. The third-order valence-corrected chi connectivity index (χ3v) is 3.74. The van der Waals surface area contributed by atoms with Gasteiger partial charge in [0, 0.05) is 0 Å². The van der Waals surface area contributed by atoms with Gasteiger partial charge in [-0.3, -0.25) is 0 Å². The number of nitrogens with two attached hydrogens (primary N) is 3. The Balaban J connectivity index is 0.000000487. The summed E-state index contributed by atoms with van der Waals surface area (Å²) in [6, 6.07) is 1.04. The molecule has 0 unspecified atom stereocenters. The van der Waals surface area contributed by atoms with E-state index in [9.17, 15) is 13.2 Å². The van der Waals surface area contributed by atoms with Crippen LogP contribution < -0.4 is 21.9 Å². The number of urea groups is 2. The number of hydrogen-bond donors (Lipinski definition) is 4. The van der Waals surface area contributed by atoms with Gasteiger partial charge in [-0.25, -0.2) is 22.7 Å². The van der Waals surface area contributed by atoms with Crippen LogP contribution >= 0.6 is 11.3 Å². The fourth-order valence-electron chi connectivity index (χ4n) is 0.599. The Morgan fingerprint density at radius 3 is 2.06 bits per heavy atom. The quantitative estimate of drug-likeness (QED) is 0.548. The Bertz CT molecular complexity index is 449. The summed E-state index contributed by atoms with van der Waals surface area (Å²) in [4.78, 5) is 19.2. The number of thiophene rings is 1. The first kappa shape index (κ1) is 14.2. The van der Waals surface area contributed by atoms with E-state index in [1.54, 1.807) is 16.2 Å². The number of hydrogen-bond acceptors (Lipinski definition) is 5. The van der Waals surface area contributed by atoms with Crippen molar-refractivity contribution in [3.8, 4) is 0 Å². The van der Waals surface area contributed by atoms with Crippen LogP contribution in [0.15, 0.2) is 21.7 Å². The zero-order valence-electron chi connectivity index (χ0n) is 7.91. The molecule has 7 N–H and O–H groups in total. The number of carbonyl (C=O) groups is 2. The van der Waals surface area contributed by atoms with E-state index < -0.39 is 22.1 Å². The van der Waals surface area contributed by atoms with Crippen molar-refractivity contribution >= 4 is 33.4 Å². The van der Waals surface area contributed by atoms with Crippen LogP contribution in [0.1, 0.15) is 0 Å². The van der Waals surface area contributed by atoms with Crippen LogP contribution in [-0.2, 0) is 10.0 Å². The minimum Gasteiger partial charge on any atom is -0.352 e.